The van der Waals surface area contributed by atoms with Crippen LogP contribution in [0.15, 0.2) is 12.1 Å². The van der Waals surface area contributed by atoms with Gasteiger partial charge in [0.2, 0.25) is 0 Å². The van der Waals surface area contributed by atoms with E-state index in [1.165, 1.54) is 6.07 Å². The lowest BCUT2D eigenvalue weighted by molar-refractivity contribution is 0.282. The molecule has 1 aromatic rings. The molecule has 0 spiro atoms. The molecule has 0 bridgehead atoms. The highest BCUT2D eigenvalue weighted by Crippen LogP contribution is 2.32. The van der Waals surface area contributed by atoms with Crippen molar-refractivity contribution in [2.45, 2.75) is 31.8 Å². The molecule has 1 aliphatic rings. The molecule has 1 saturated carbocycles. The maximum atomic E-state index is 14.0. The van der Waals surface area contributed by atoms with Gasteiger partial charge in [-0.15, -0.1) is 0 Å². The fourth-order valence-electron chi connectivity index (χ4n) is 2.26. The minimum atomic E-state index is -0.878. The van der Waals surface area contributed by atoms with Crippen LogP contribution in [-0.4, -0.2) is 24.3 Å². The van der Waals surface area contributed by atoms with Crippen LogP contribution in [0, 0.1) is 11.6 Å². The molecule has 0 aromatic heterocycles. The van der Waals surface area contributed by atoms with Crippen LogP contribution in [0.2, 0.25) is 0 Å². The third-order valence-corrected chi connectivity index (χ3v) is 3.53. The van der Waals surface area contributed by atoms with Crippen LogP contribution < -0.4 is 10.6 Å². The second-order valence-corrected chi connectivity index (χ2v) is 4.58. The number of benzene rings is 1. The van der Waals surface area contributed by atoms with Crippen molar-refractivity contribution >= 4 is 5.69 Å². The molecule has 0 atom stereocenters. The van der Waals surface area contributed by atoms with Crippen LogP contribution in [0.5, 0.6) is 0 Å². The van der Waals surface area contributed by atoms with E-state index in [1.807, 2.05) is 0 Å². The number of hydrogen-bond donors (Lipinski definition) is 2. The Balaban J connectivity index is 2.32. The fourth-order valence-corrected chi connectivity index (χ4v) is 2.26. The van der Waals surface area contributed by atoms with Crippen LogP contribution in [0.4, 0.5) is 14.5 Å². The molecule has 0 heterocycles. The van der Waals surface area contributed by atoms with E-state index >= 15 is 0 Å². The van der Waals surface area contributed by atoms with Gasteiger partial charge in [-0.3, -0.25) is 0 Å². The van der Waals surface area contributed by atoms with E-state index in [2.05, 4.69) is 0 Å². The minimum absolute atomic E-state index is 0.0214. The number of halogens is 2. The summed E-state index contributed by atoms with van der Waals surface area (Å²) in [5.74, 6) is -1.74. The standard InChI is InChI=1S/C13H18F2N2O/c14-12-9(8-16)4-5-11(13(12)15)17(6-7-18)10-2-1-3-10/h4-5,10,18H,1-3,6-8,16H2. The first-order chi connectivity index (χ1) is 8.69. The van der Waals surface area contributed by atoms with Gasteiger partial charge in [-0.1, -0.05) is 6.07 Å². The molecule has 5 heteroatoms. The quantitative estimate of drug-likeness (QED) is 0.844. The van der Waals surface area contributed by atoms with E-state index in [9.17, 15) is 8.78 Å². The van der Waals surface area contributed by atoms with Crippen molar-refractivity contribution < 1.29 is 13.9 Å². The highest BCUT2D eigenvalue weighted by Gasteiger charge is 2.27. The van der Waals surface area contributed by atoms with Crippen molar-refractivity contribution in [3.05, 3.63) is 29.3 Å². The van der Waals surface area contributed by atoms with Gasteiger partial charge in [-0.2, -0.15) is 0 Å². The first kappa shape index (κ1) is 13.2. The molecular formula is C13H18F2N2O. The van der Waals surface area contributed by atoms with E-state index in [4.69, 9.17) is 10.8 Å². The lowest BCUT2D eigenvalue weighted by Crippen LogP contribution is -2.42. The van der Waals surface area contributed by atoms with Gasteiger partial charge in [-0.25, -0.2) is 8.78 Å². The van der Waals surface area contributed by atoms with E-state index in [0.717, 1.165) is 19.3 Å². The molecule has 3 N–H and O–H groups in total. The Bertz CT molecular complexity index is 422. The topological polar surface area (TPSA) is 49.5 Å². The average Bonchev–Trinajstić information content (AvgIpc) is 2.30. The Kier molecular flexibility index (Phi) is 4.14. The van der Waals surface area contributed by atoms with Gasteiger partial charge in [-0.05, 0) is 25.3 Å². The van der Waals surface area contributed by atoms with Gasteiger partial charge in [0.05, 0.1) is 12.3 Å². The van der Waals surface area contributed by atoms with Crippen LogP contribution in [0.25, 0.3) is 0 Å². The summed E-state index contributed by atoms with van der Waals surface area (Å²) < 4.78 is 27.7. The molecule has 100 valence electrons. The van der Waals surface area contributed by atoms with Gasteiger partial charge in [0.25, 0.3) is 0 Å². The number of aliphatic hydroxyl groups excluding tert-OH is 1. The minimum Gasteiger partial charge on any atom is -0.395 e. The zero-order valence-corrected chi connectivity index (χ0v) is 10.2. The highest BCUT2D eigenvalue weighted by molar-refractivity contribution is 5.51. The summed E-state index contributed by atoms with van der Waals surface area (Å²) in [5.41, 5.74) is 5.74. The number of aliphatic hydroxyl groups is 1. The second kappa shape index (κ2) is 5.63. The van der Waals surface area contributed by atoms with Crippen molar-refractivity contribution in [3.63, 3.8) is 0 Å². The lowest BCUT2D eigenvalue weighted by Gasteiger charge is -2.39. The summed E-state index contributed by atoms with van der Waals surface area (Å²) in [6, 6.07) is 3.26. The molecule has 3 nitrogen and oxygen atoms in total. The molecule has 2 rings (SSSR count). The summed E-state index contributed by atoms with van der Waals surface area (Å²) in [6.07, 6.45) is 3.01. The third kappa shape index (κ3) is 2.33. The smallest absolute Gasteiger partial charge is 0.182 e. The first-order valence-corrected chi connectivity index (χ1v) is 6.23. The number of rotatable bonds is 5. The summed E-state index contributed by atoms with van der Waals surface area (Å²) >= 11 is 0. The monoisotopic (exact) mass is 256 g/mol. The van der Waals surface area contributed by atoms with Gasteiger partial charge < -0.3 is 15.7 Å². The lowest BCUT2D eigenvalue weighted by atomic mass is 9.91. The summed E-state index contributed by atoms with van der Waals surface area (Å²) in [7, 11) is 0. The van der Waals surface area contributed by atoms with Gasteiger partial charge in [0.15, 0.2) is 11.6 Å². The Labute approximate surface area is 105 Å². The number of anilines is 1. The van der Waals surface area contributed by atoms with E-state index in [0.29, 0.717) is 6.54 Å². The van der Waals surface area contributed by atoms with E-state index < -0.39 is 11.6 Å². The van der Waals surface area contributed by atoms with Crippen molar-refractivity contribution in [2.75, 3.05) is 18.1 Å². The second-order valence-electron chi connectivity index (χ2n) is 4.58. The van der Waals surface area contributed by atoms with E-state index in [1.54, 1.807) is 11.0 Å². The normalized spacial score (nSPS) is 15.6. The maximum absolute atomic E-state index is 14.0. The van der Waals surface area contributed by atoms with Crippen molar-refractivity contribution in [1.82, 2.24) is 0 Å². The van der Waals surface area contributed by atoms with Gasteiger partial charge in [0.1, 0.15) is 0 Å². The molecule has 1 fully saturated rings. The zero-order valence-electron chi connectivity index (χ0n) is 10.2. The molecule has 1 aliphatic carbocycles. The summed E-state index contributed by atoms with van der Waals surface area (Å²) in [5, 5.41) is 9.05. The molecule has 0 radical (unpaired) electrons. The number of hydrogen-bond acceptors (Lipinski definition) is 3. The van der Waals surface area contributed by atoms with Crippen LogP contribution in [0.3, 0.4) is 0 Å². The zero-order chi connectivity index (χ0) is 13.1. The largest absolute Gasteiger partial charge is 0.395 e. The molecule has 0 unspecified atom stereocenters. The fraction of sp³-hybridized carbons (Fsp3) is 0.538. The Morgan fingerprint density at radius 3 is 2.50 bits per heavy atom. The molecular weight excluding hydrogens is 238 g/mol. The van der Waals surface area contributed by atoms with Gasteiger partial charge >= 0.3 is 0 Å². The number of nitrogens with two attached hydrogens (primary N) is 1. The predicted octanol–water partition coefficient (Wildman–Crippen LogP) is 1.77. The Morgan fingerprint density at radius 1 is 1.28 bits per heavy atom. The van der Waals surface area contributed by atoms with Crippen LogP contribution in [-0.2, 0) is 6.54 Å². The predicted molar refractivity (Wildman–Crippen MR) is 66.3 cm³/mol. The Hall–Kier alpha value is -1.20. The molecule has 18 heavy (non-hydrogen) atoms. The maximum Gasteiger partial charge on any atom is 0.182 e. The molecule has 0 aliphatic heterocycles. The summed E-state index contributed by atoms with van der Waals surface area (Å²) in [4.78, 5) is 1.75. The Morgan fingerprint density at radius 2 is 2.00 bits per heavy atom. The van der Waals surface area contributed by atoms with E-state index in [-0.39, 0.29) is 30.4 Å². The molecule has 1 aromatic carbocycles. The first-order valence-electron chi connectivity index (χ1n) is 6.23. The van der Waals surface area contributed by atoms with Crippen LogP contribution in [0.1, 0.15) is 24.8 Å². The average molecular weight is 256 g/mol. The van der Waals surface area contributed by atoms with Crippen molar-refractivity contribution in [2.24, 2.45) is 5.73 Å². The SMILES string of the molecule is NCc1ccc(N(CCO)C2CCC2)c(F)c1F. The van der Waals surface area contributed by atoms with Crippen LogP contribution >= 0.6 is 0 Å². The van der Waals surface area contributed by atoms with Crippen molar-refractivity contribution in [3.8, 4) is 0 Å². The highest BCUT2D eigenvalue weighted by atomic mass is 19.2. The summed E-state index contributed by atoms with van der Waals surface area (Å²) in [6.45, 7) is 0.228. The number of nitrogens with zero attached hydrogens (tertiary/aromatic N) is 1. The van der Waals surface area contributed by atoms with Gasteiger partial charge in [0, 0.05) is 24.7 Å². The molecule has 0 saturated heterocycles. The molecule has 0 amide bonds. The van der Waals surface area contributed by atoms with Crippen molar-refractivity contribution in [1.29, 1.82) is 0 Å². The third-order valence-electron chi connectivity index (χ3n) is 3.53.